The number of rotatable bonds is 3. The van der Waals surface area contributed by atoms with Crippen molar-refractivity contribution in [3.8, 4) is 6.07 Å². The second kappa shape index (κ2) is 7.36. The van der Waals surface area contributed by atoms with Gasteiger partial charge in [0.25, 0.3) is 5.91 Å². The van der Waals surface area contributed by atoms with Crippen LogP contribution in [0.1, 0.15) is 15.9 Å². The number of nitriles is 1. The topological polar surface area (TPSA) is 73.2 Å². The van der Waals surface area contributed by atoms with Crippen LogP contribution in [-0.4, -0.2) is 34.4 Å². The molecule has 5 nitrogen and oxygen atoms in total. The van der Waals surface area contributed by atoms with Crippen LogP contribution in [0.4, 0.5) is 10.1 Å². The van der Waals surface area contributed by atoms with Crippen LogP contribution in [0.3, 0.4) is 0 Å². The molecule has 1 saturated heterocycles. The molecule has 126 valence electrons. The third-order valence-corrected chi connectivity index (χ3v) is 4.83. The van der Waals surface area contributed by atoms with Gasteiger partial charge in [-0.05, 0) is 30.3 Å². The summed E-state index contributed by atoms with van der Waals surface area (Å²) in [7, 11) is 0. The van der Waals surface area contributed by atoms with Crippen molar-refractivity contribution in [1.82, 2.24) is 4.90 Å². The Labute approximate surface area is 148 Å². The first-order valence-corrected chi connectivity index (χ1v) is 8.70. The average Bonchev–Trinajstić information content (AvgIpc) is 3.13. The van der Waals surface area contributed by atoms with Gasteiger partial charge >= 0.3 is 0 Å². The Morgan fingerprint density at radius 3 is 2.80 bits per heavy atom. The minimum Gasteiger partial charge on any atom is -0.322 e. The second-order valence-electron chi connectivity index (χ2n) is 5.45. The highest BCUT2D eigenvalue weighted by atomic mass is 32.2. The Hall–Kier alpha value is -2.85. The number of nitrogens with one attached hydrogen (secondary N) is 1. The number of halogens is 1. The number of anilines is 1. The number of carbonyl (C=O) groups excluding carboxylic acids is 2. The van der Waals surface area contributed by atoms with Gasteiger partial charge in [0, 0.05) is 11.3 Å². The molecule has 3 rings (SSSR count). The molecule has 1 aliphatic heterocycles. The van der Waals surface area contributed by atoms with E-state index in [4.69, 9.17) is 5.26 Å². The van der Waals surface area contributed by atoms with E-state index in [0.717, 1.165) is 0 Å². The number of nitrogens with zero attached hydrogens (tertiary/aromatic N) is 2. The SMILES string of the molecule is N#Cc1cccc(C(=O)N2CSCC2C(=O)Nc2ccccc2F)c1. The lowest BCUT2D eigenvalue weighted by Crippen LogP contribution is -2.44. The van der Waals surface area contributed by atoms with Crippen LogP contribution in [0.15, 0.2) is 48.5 Å². The van der Waals surface area contributed by atoms with E-state index in [2.05, 4.69) is 5.32 Å². The van der Waals surface area contributed by atoms with Crippen LogP contribution in [0.5, 0.6) is 0 Å². The summed E-state index contributed by atoms with van der Waals surface area (Å²) in [4.78, 5) is 26.6. The summed E-state index contributed by atoms with van der Waals surface area (Å²) in [5.41, 5.74) is 0.818. The zero-order valence-corrected chi connectivity index (χ0v) is 13.9. The van der Waals surface area contributed by atoms with Gasteiger partial charge in [-0.25, -0.2) is 4.39 Å². The zero-order valence-electron chi connectivity index (χ0n) is 13.1. The third kappa shape index (κ3) is 3.64. The Balaban J connectivity index is 1.78. The molecule has 0 aliphatic carbocycles. The molecule has 2 amide bonds. The van der Waals surface area contributed by atoms with Crippen molar-refractivity contribution in [2.45, 2.75) is 6.04 Å². The van der Waals surface area contributed by atoms with E-state index in [0.29, 0.717) is 22.8 Å². The largest absolute Gasteiger partial charge is 0.322 e. The van der Waals surface area contributed by atoms with E-state index in [1.54, 1.807) is 24.3 Å². The minimum atomic E-state index is -0.692. The molecule has 1 heterocycles. The normalized spacial score (nSPS) is 16.3. The van der Waals surface area contributed by atoms with Crippen molar-refractivity contribution in [2.24, 2.45) is 0 Å². The van der Waals surface area contributed by atoms with E-state index < -0.39 is 17.8 Å². The summed E-state index contributed by atoms with van der Waals surface area (Å²) in [6.45, 7) is 0. The maximum absolute atomic E-state index is 13.7. The molecule has 0 bridgehead atoms. The van der Waals surface area contributed by atoms with Gasteiger partial charge < -0.3 is 10.2 Å². The number of thioether (sulfide) groups is 1. The number of benzene rings is 2. The highest BCUT2D eigenvalue weighted by Crippen LogP contribution is 2.25. The lowest BCUT2D eigenvalue weighted by molar-refractivity contribution is -0.119. The summed E-state index contributed by atoms with van der Waals surface area (Å²) in [5, 5.41) is 11.5. The van der Waals surface area contributed by atoms with Crippen molar-refractivity contribution in [3.05, 3.63) is 65.5 Å². The smallest absolute Gasteiger partial charge is 0.255 e. The fourth-order valence-corrected chi connectivity index (χ4v) is 3.68. The predicted octanol–water partition coefficient (Wildman–Crippen LogP) is 2.85. The number of amides is 2. The Morgan fingerprint density at radius 1 is 1.24 bits per heavy atom. The maximum atomic E-state index is 13.7. The molecule has 1 N–H and O–H groups in total. The van der Waals surface area contributed by atoms with Crippen LogP contribution in [0.2, 0.25) is 0 Å². The van der Waals surface area contributed by atoms with Gasteiger partial charge in [0.05, 0.1) is 23.2 Å². The Kier molecular flexibility index (Phi) is 5.00. The fraction of sp³-hybridized carbons (Fsp3) is 0.167. The van der Waals surface area contributed by atoms with Gasteiger partial charge in [-0.2, -0.15) is 5.26 Å². The van der Waals surface area contributed by atoms with E-state index in [1.807, 2.05) is 6.07 Å². The number of para-hydroxylation sites is 1. The monoisotopic (exact) mass is 355 g/mol. The second-order valence-corrected chi connectivity index (χ2v) is 6.45. The summed E-state index contributed by atoms with van der Waals surface area (Å²) in [6, 6.07) is 13.5. The molecule has 0 radical (unpaired) electrons. The Bertz CT molecular complexity index is 865. The molecule has 1 unspecified atom stereocenters. The lowest BCUT2D eigenvalue weighted by atomic mass is 10.1. The number of carbonyl (C=O) groups is 2. The molecule has 25 heavy (non-hydrogen) atoms. The van der Waals surface area contributed by atoms with E-state index in [9.17, 15) is 14.0 Å². The lowest BCUT2D eigenvalue weighted by Gasteiger charge is -2.23. The molecule has 2 aromatic carbocycles. The molecule has 0 saturated carbocycles. The molecule has 1 fully saturated rings. The standard InChI is InChI=1S/C18H14FN3O2S/c19-14-6-1-2-7-15(14)21-17(23)16-10-25-11-22(16)18(24)13-5-3-4-12(8-13)9-20/h1-8,16H,10-11H2,(H,21,23). The van der Waals surface area contributed by atoms with E-state index >= 15 is 0 Å². The van der Waals surface area contributed by atoms with Crippen LogP contribution >= 0.6 is 11.8 Å². The summed E-state index contributed by atoms with van der Waals surface area (Å²) >= 11 is 1.45. The molecular formula is C18H14FN3O2S. The molecule has 7 heteroatoms. The van der Waals surface area contributed by atoms with Gasteiger partial charge in [0.15, 0.2) is 0 Å². The van der Waals surface area contributed by atoms with E-state index in [-0.39, 0.29) is 11.6 Å². The van der Waals surface area contributed by atoms with Crippen molar-refractivity contribution in [3.63, 3.8) is 0 Å². The highest BCUT2D eigenvalue weighted by molar-refractivity contribution is 7.99. The van der Waals surface area contributed by atoms with Gasteiger partial charge in [-0.1, -0.05) is 18.2 Å². The summed E-state index contributed by atoms with van der Waals surface area (Å²) < 4.78 is 13.7. The molecule has 2 aromatic rings. The quantitative estimate of drug-likeness (QED) is 0.919. The third-order valence-electron chi connectivity index (χ3n) is 3.82. The molecule has 1 aliphatic rings. The van der Waals surface area contributed by atoms with Crippen molar-refractivity contribution >= 4 is 29.3 Å². The van der Waals surface area contributed by atoms with Crippen LogP contribution in [0, 0.1) is 17.1 Å². The molecule has 1 atom stereocenters. The van der Waals surface area contributed by atoms with Gasteiger partial charge in [-0.15, -0.1) is 11.8 Å². The highest BCUT2D eigenvalue weighted by Gasteiger charge is 2.35. The fourth-order valence-electron chi connectivity index (χ4n) is 2.53. The van der Waals surface area contributed by atoms with E-state index in [1.165, 1.54) is 40.9 Å². The Morgan fingerprint density at radius 2 is 2.04 bits per heavy atom. The maximum Gasteiger partial charge on any atom is 0.255 e. The zero-order chi connectivity index (χ0) is 17.8. The van der Waals surface area contributed by atoms with Crippen LogP contribution in [-0.2, 0) is 4.79 Å². The first-order chi connectivity index (χ1) is 12.1. The molecule has 0 spiro atoms. The van der Waals surface area contributed by atoms with Crippen molar-refractivity contribution in [2.75, 3.05) is 16.9 Å². The number of hydrogen-bond donors (Lipinski definition) is 1. The average molecular weight is 355 g/mol. The molecule has 0 aromatic heterocycles. The van der Waals surface area contributed by atoms with Gasteiger partial charge in [0.1, 0.15) is 11.9 Å². The van der Waals surface area contributed by atoms with Crippen LogP contribution in [0.25, 0.3) is 0 Å². The van der Waals surface area contributed by atoms with Gasteiger partial charge in [-0.3, -0.25) is 9.59 Å². The first kappa shape index (κ1) is 17.0. The summed E-state index contributed by atoms with van der Waals surface area (Å²) in [5.74, 6) is -0.480. The number of hydrogen-bond acceptors (Lipinski definition) is 4. The van der Waals surface area contributed by atoms with Crippen LogP contribution < -0.4 is 5.32 Å². The summed E-state index contributed by atoms with van der Waals surface area (Å²) in [6.07, 6.45) is 0. The van der Waals surface area contributed by atoms with Crippen molar-refractivity contribution in [1.29, 1.82) is 5.26 Å². The predicted molar refractivity (Wildman–Crippen MR) is 93.5 cm³/mol. The van der Waals surface area contributed by atoms with Gasteiger partial charge in [0.2, 0.25) is 5.91 Å². The van der Waals surface area contributed by atoms with Crippen molar-refractivity contribution < 1.29 is 14.0 Å². The minimum absolute atomic E-state index is 0.0864. The molecular weight excluding hydrogens is 341 g/mol. The first-order valence-electron chi connectivity index (χ1n) is 7.54.